The summed E-state index contributed by atoms with van der Waals surface area (Å²) in [6, 6.07) is 5.97. The van der Waals surface area contributed by atoms with E-state index < -0.39 is 0 Å². The molecule has 2 heterocycles. The predicted molar refractivity (Wildman–Crippen MR) is 79.5 cm³/mol. The first-order valence-corrected chi connectivity index (χ1v) is 7.41. The number of hydrogen-bond acceptors (Lipinski definition) is 3. The molecule has 1 aromatic heterocycles. The predicted octanol–water partition coefficient (Wildman–Crippen LogP) is 3.31. The van der Waals surface area contributed by atoms with Crippen molar-refractivity contribution in [2.24, 2.45) is 0 Å². The molecule has 1 saturated heterocycles. The van der Waals surface area contributed by atoms with E-state index in [0.29, 0.717) is 12.5 Å². The van der Waals surface area contributed by atoms with E-state index >= 15 is 0 Å². The molecule has 0 aliphatic carbocycles. The fourth-order valence-electron chi connectivity index (χ4n) is 3.02. The monoisotopic (exact) mass is 294 g/mol. The topological polar surface area (TPSA) is 36.3 Å². The molecular weight excluding hydrogens is 276 g/mol. The number of ether oxygens (including phenoxy) is 2. The highest BCUT2D eigenvalue weighted by molar-refractivity contribution is 6.16. The summed E-state index contributed by atoms with van der Waals surface area (Å²) in [6.07, 6.45) is 2.14. The molecule has 20 heavy (non-hydrogen) atoms. The SMILES string of the molecule is COc1ccc2c(c1)nc(CCl)n2C1(C)CCCOC1. The molecule has 1 aliphatic rings. The van der Waals surface area contributed by atoms with Crippen molar-refractivity contribution in [3.05, 3.63) is 24.0 Å². The molecule has 1 atom stereocenters. The Balaban J connectivity index is 2.17. The summed E-state index contributed by atoms with van der Waals surface area (Å²) < 4.78 is 13.2. The Morgan fingerprint density at radius 1 is 1.50 bits per heavy atom. The number of halogens is 1. The molecule has 0 radical (unpaired) electrons. The van der Waals surface area contributed by atoms with Crippen molar-refractivity contribution in [3.8, 4) is 5.75 Å². The third-order valence-electron chi connectivity index (χ3n) is 4.01. The highest BCUT2D eigenvalue weighted by Crippen LogP contribution is 2.33. The molecule has 1 unspecified atom stereocenters. The van der Waals surface area contributed by atoms with Crippen LogP contribution in [0.4, 0.5) is 0 Å². The third kappa shape index (κ3) is 2.17. The normalized spacial score (nSPS) is 23.1. The molecule has 2 aromatic rings. The minimum absolute atomic E-state index is 0.0776. The summed E-state index contributed by atoms with van der Waals surface area (Å²) in [5.41, 5.74) is 1.94. The van der Waals surface area contributed by atoms with Crippen molar-refractivity contribution >= 4 is 22.6 Å². The molecule has 1 aromatic carbocycles. The van der Waals surface area contributed by atoms with Gasteiger partial charge in [0.2, 0.25) is 0 Å². The minimum Gasteiger partial charge on any atom is -0.497 e. The Hall–Kier alpha value is -1.26. The van der Waals surface area contributed by atoms with Crippen molar-refractivity contribution in [2.45, 2.75) is 31.2 Å². The van der Waals surface area contributed by atoms with Gasteiger partial charge in [0.25, 0.3) is 0 Å². The second kappa shape index (κ2) is 5.26. The van der Waals surface area contributed by atoms with Crippen molar-refractivity contribution in [1.82, 2.24) is 9.55 Å². The molecule has 4 nitrogen and oxygen atoms in total. The number of nitrogens with zero attached hydrogens (tertiary/aromatic N) is 2. The summed E-state index contributed by atoms with van der Waals surface area (Å²) in [7, 11) is 1.66. The molecule has 5 heteroatoms. The molecular formula is C15H19ClN2O2. The van der Waals surface area contributed by atoms with Crippen molar-refractivity contribution < 1.29 is 9.47 Å². The molecule has 0 N–H and O–H groups in total. The van der Waals surface area contributed by atoms with Crippen LogP contribution in [0.1, 0.15) is 25.6 Å². The Bertz CT molecular complexity index is 618. The summed E-state index contributed by atoms with van der Waals surface area (Å²) in [4.78, 5) is 4.66. The Morgan fingerprint density at radius 2 is 2.35 bits per heavy atom. The number of methoxy groups -OCH3 is 1. The maximum Gasteiger partial charge on any atom is 0.125 e. The van der Waals surface area contributed by atoms with Gasteiger partial charge in [-0.1, -0.05) is 0 Å². The number of benzene rings is 1. The molecule has 108 valence electrons. The minimum atomic E-state index is -0.0776. The van der Waals surface area contributed by atoms with Crippen LogP contribution in [0.2, 0.25) is 0 Å². The lowest BCUT2D eigenvalue weighted by atomic mass is 9.94. The van der Waals surface area contributed by atoms with Crippen LogP contribution in [-0.2, 0) is 16.2 Å². The summed E-state index contributed by atoms with van der Waals surface area (Å²) in [6.45, 7) is 3.76. The van der Waals surface area contributed by atoms with Gasteiger partial charge in [-0.05, 0) is 31.9 Å². The fraction of sp³-hybridized carbons (Fsp3) is 0.533. The van der Waals surface area contributed by atoms with Crippen LogP contribution in [0.5, 0.6) is 5.75 Å². The highest BCUT2D eigenvalue weighted by atomic mass is 35.5. The van der Waals surface area contributed by atoms with Gasteiger partial charge in [-0.25, -0.2) is 4.98 Å². The number of aromatic nitrogens is 2. The molecule has 0 bridgehead atoms. The van der Waals surface area contributed by atoms with Gasteiger partial charge in [-0.15, -0.1) is 11.6 Å². The first kappa shape index (κ1) is 13.7. The molecule has 3 rings (SSSR count). The van der Waals surface area contributed by atoms with Crippen LogP contribution in [0, 0.1) is 0 Å². The van der Waals surface area contributed by atoms with E-state index in [9.17, 15) is 0 Å². The molecule has 0 amide bonds. The number of hydrogen-bond donors (Lipinski definition) is 0. The van der Waals surface area contributed by atoms with Gasteiger partial charge in [0.05, 0.1) is 36.2 Å². The van der Waals surface area contributed by atoms with E-state index in [1.165, 1.54) is 0 Å². The van der Waals surface area contributed by atoms with Crippen LogP contribution in [-0.4, -0.2) is 29.9 Å². The standard InChI is InChI=1S/C15H19ClN2O2/c1-15(6-3-7-20-10-15)18-13-5-4-11(19-2)8-12(13)17-14(18)9-16/h4-5,8H,3,6-7,9-10H2,1-2H3. The Kier molecular flexibility index (Phi) is 3.61. The quantitative estimate of drug-likeness (QED) is 0.815. The third-order valence-corrected chi connectivity index (χ3v) is 4.25. The van der Waals surface area contributed by atoms with Crippen LogP contribution in [0.3, 0.4) is 0 Å². The lowest BCUT2D eigenvalue weighted by Crippen LogP contribution is -2.39. The summed E-state index contributed by atoms with van der Waals surface area (Å²) in [5.74, 6) is 2.10. The van der Waals surface area contributed by atoms with Crippen LogP contribution in [0.25, 0.3) is 11.0 Å². The van der Waals surface area contributed by atoms with E-state index in [-0.39, 0.29) is 5.54 Å². The molecule has 1 aliphatic heterocycles. The van der Waals surface area contributed by atoms with Gasteiger partial charge in [0.1, 0.15) is 11.6 Å². The zero-order valence-electron chi connectivity index (χ0n) is 11.9. The van der Waals surface area contributed by atoms with Gasteiger partial charge < -0.3 is 14.0 Å². The first-order chi connectivity index (χ1) is 9.68. The number of rotatable bonds is 3. The second-order valence-corrected chi connectivity index (χ2v) is 5.77. The lowest BCUT2D eigenvalue weighted by molar-refractivity contribution is 0.0104. The molecule has 1 fully saturated rings. The van der Waals surface area contributed by atoms with E-state index in [1.807, 2.05) is 12.1 Å². The van der Waals surface area contributed by atoms with Crippen molar-refractivity contribution in [3.63, 3.8) is 0 Å². The average molecular weight is 295 g/mol. The molecule has 0 spiro atoms. The fourth-order valence-corrected chi connectivity index (χ4v) is 3.20. The smallest absolute Gasteiger partial charge is 0.125 e. The maximum absolute atomic E-state index is 6.10. The van der Waals surface area contributed by atoms with Crippen molar-refractivity contribution in [2.75, 3.05) is 20.3 Å². The van der Waals surface area contributed by atoms with Crippen molar-refractivity contribution in [1.29, 1.82) is 0 Å². The van der Waals surface area contributed by atoms with Gasteiger partial charge >= 0.3 is 0 Å². The van der Waals surface area contributed by atoms with Crippen LogP contribution < -0.4 is 4.74 Å². The largest absolute Gasteiger partial charge is 0.497 e. The number of imidazole rings is 1. The summed E-state index contributed by atoms with van der Waals surface area (Å²) in [5, 5.41) is 0. The highest BCUT2D eigenvalue weighted by Gasteiger charge is 2.33. The zero-order chi connectivity index (χ0) is 14.2. The first-order valence-electron chi connectivity index (χ1n) is 6.87. The molecule has 0 saturated carbocycles. The van der Waals surface area contributed by atoms with Crippen LogP contribution in [0.15, 0.2) is 18.2 Å². The van der Waals surface area contributed by atoms with Gasteiger partial charge in [-0.3, -0.25) is 0 Å². The van der Waals surface area contributed by atoms with E-state index in [1.54, 1.807) is 7.11 Å². The van der Waals surface area contributed by atoms with E-state index in [4.69, 9.17) is 21.1 Å². The van der Waals surface area contributed by atoms with E-state index in [2.05, 4.69) is 22.5 Å². The number of fused-ring (bicyclic) bond motifs is 1. The van der Waals surface area contributed by atoms with Gasteiger partial charge in [-0.2, -0.15) is 0 Å². The Labute approximate surface area is 123 Å². The van der Waals surface area contributed by atoms with Gasteiger partial charge in [0.15, 0.2) is 0 Å². The van der Waals surface area contributed by atoms with E-state index in [0.717, 1.165) is 42.1 Å². The zero-order valence-corrected chi connectivity index (χ0v) is 12.6. The Morgan fingerprint density at radius 3 is 3.00 bits per heavy atom. The van der Waals surface area contributed by atoms with Crippen LogP contribution >= 0.6 is 11.6 Å². The number of alkyl halides is 1. The average Bonchev–Trinajstić information content (AvgIpc) is 2.86. The maximum atomic E-state index is 6.10. The van der Waals surface area contributed by atoms with Gasteiger partial charge in [0, 0.05) is 12.7 Å². The second-order valence-electron chi connectivity index (χ2n) is 5.50. The summed E-state index contributed by atoms with van der Waals surface area (Å²) >= 11 is 6.10. The lowest BCUT2D eigenvalue weighted by Gasteiger charge is -2.36.